The third kappa shape index (κ3) is 11.3. The summed E-state index contributed by atoms with van der Waals surface area (Å²) in [6.45, 7) is 3.19. The van der Waals surface area contributed by atoms with Crippen LogP contribution in [0, 0.1) is 5.92 Å². The van der Waals surface area contributed by atoms with Crippen molar-refractivity contribution in [2.75, 3.05) is 25.2 Å². The van der Waals surface area contributed by atoms with Gasteiger partial charge in [0, 0.05) is 0 Å². The second-order valence-electron chi connectivity index (χ2n) is 7.54. The lowest BCUT2D eigenvalue weighted by atomic mass is 10.0. The van der Waals surface area contributed by atoms with Crippen molar-refractivity contribution in [3.05, 3.63) is 0 Å². The Bertz CT molecular complexity index is 592. The van der Waals surface area contributed by atoms with Crippen molar-refractivity contribution in [1.29, 1.82) is 0 Å². The minimum Gasteiger partial charge on any atom is -0.480 e. The van der Waals surface area contributed by atoms with Crippen LogP contribution in [0.1, 0.15) is 39.5 Å². The fraction of sp³-hybridized carbons (Fsp3) is 0.789. The summed E-state index contributed by atoms with van der Waals surface area (Å²) < 4.78 is 0. The second-order valence-corrected chi connectivity index (χ2v) is 8.53. The molecule has 180 valence electrons. The van der Waals surface area contributed by atoms with Crippen molar-refractivity contribution < 1.29 is 29.4 Å². The van der Waals surface area contributed by atoms with Crippen LogP contribution in [0.25, 0.3) is 0 Å². The maximum Gasteiger partial charge on any atom is 0.326 e. The number of amides is 3. The number of aliphatic carboxylic acids is 1. The molecular formula is C19H37N5O6S. The Morgan fingerprint density at radius 3 is 1.94 bits per heavy atom. The van der Waals surface area contributed by atoms with Gasteiger partial charge in [-0.25, -0.2) is 4.79 Å². The van der Waals surface area contributed by atoms with E-state index < -0.39 is 54.5 Å². The maximum atomic E-state index is 12.7. The van der Waals surface area contributed by atoms with Gasteiger partial charge in [-0.3, -0.25) is 14.4 Å². The van der Waals surface area contributed by atoms with Crippen LogP contribution in [0.3, 0.4) is 0 Å². The Labute approximate surface area is 187 Å². The topological polar surface area (TPSA) is 197 Å². The molecule has 0 aromatic heterocycles. The Kier molecular flexibility index (Phi) is 14.9. The largest absolute Gasteiger partial charge is 0.480 e. The molecule has 0 aliphatic rings. The van der Waals surface area contributed by atoms with Crippen LogP contribution in [0.4, 0.5) is 0 Å². The Hall–Kier alpha value is -1.89. The number of rotatable bonds is 16. The van der Waals surface area contributed by atoms with E-state index in [0.717, 1.165) is 0 Å². The van der Waals surface area contributed by atoms with E-state index in [0.29, 0.717) is 25.1 Å². The summed E-state index contributed by atoms with van der Waals surface area (Å²) in [4.78, 5) is 48.8. The number of carbonyl (C=O) groups is 4. The van der Waals surface area contributed by atoms with Gasteiger partial charge in [-0.1, -0.05) is 13.8 Å². The first kappa shape index (κ1) is 29.1. The molecule has 0 aromatic carbocycles. The first-order valence-corrected chi connectivity index (χ1v) is 11.7. The van der Waals surface area contributed by atoms with Gasteiger partial charge in [-0.2, -0.15) is 11.8 Å². The normalized spacial score (nSPS) is 14.9. The van der Waals surface area contributed by atoms with Crippen molar-refractivity contribution in [3.63, 3.8) is 0 Å². The van der Waals surface area contributed by atoms with Gasteiger partial charge in [0.1, 0.15) is 18.1 Å². The molecule has 0 aliphatic carbocycles. The molecule has 0 radical (unpaired) electrons. The number of unbranched alkanes of at least 4 members (excludes halogenated alkanes) is 1. The van der Waals surface area contributed by atoms with E-state index in [1.807, 2.05) is 6.26 Å². The van der Waals surface area contributed by atoms with Gasteiger partial charge < -0.3 is 37.6 Å². The van der Waals surface area contributed by atoms with Crippen LogP contribution >= 0.6 is 11.8 Å². The van der Waals surface area contributed by atoms with Crippen LogP contribution in [-0.2, 0) is 19.2 Å². The quantitative estimate of drug-likeness (QED) is 0.132. The fourth-order valence-electron chi connectivity index (χ4n) is 2.56. The molecule has 0 saturated carbocycles. The highest BCUT2D eigenvalue weighted by molar-refractivity contribution is 7.98. The van der Waals surface area contributed by atoms with Crippen molar-refractivity contribution in [1.82, 2.24) is 16.0 Å². The molecular weight excluding hydrogens is 426 g/mol. The monoisotopic (exact) mass is 463 g/mol. The molecule has 0 aliphatic heterocycles. The van der Waals surface area contributed by atoms with Crippen LogP contribution < -0.4 is 27.4 Å². The van der Waals surface area contributed by atoms with Crippen LogP contribution in [0.15, 0.2) is 0 Å². The summed E-state index contributed by atoms with van der Waals surface area (Å²) >= 11 is 1.45. The molecule has 12 heteroatoms. The third-order valence-corrected chi connectivity index (χ3v) is 5.29. The molecule has 0 bridgehead atoms. The highest BCUT2D eigenvalue weighted by atomic mass is 32.2. The summed E-state index contributed by atoms with van der Waals surface area (Å²) in [5, 5.41) is 26.2. The lowest BCUT2D eigenvalue weighted by Crippen LogP contribution is -2.58. The first-order chi connectivity index (χ1) is 14.6. The number of aliphatic hydroxyl groups is 1. The smallest absolute Gasteiger partial charge is 0.326 e. The molecule has 0 aromatic rings. The van der Waals surface area contributed by atoms with Gasteiger partial charge in [0.05, 0.1) is 12.6 Å². The first-order valence-electron chi connectivity index (χ1n) is 10.3. The Morgan fingerprint density at radius 1 is 0.903 bits per heavy atom. The zero-order valence-electron chi connectivity index (χ0n) is 18.4. The molecule has 0 saturated heterocycles. The predicted octanol–water partition coefficient (Wildman–Crippen LogP) is -1.62. The minimum absolute atomic E-state index is 0.175. The van der Waals surface area contributed by atoms with E-state index in [4.69, 9.17) is 11.5 Å². The van der Waals surface area contributed by atoms with Crippen LogP contribution in [0.5, 0.6) is 0 Å². The standard InChI is InChI=1S/C19H37N5O6S/c1-11(2)15(21)18(28)24-14(10-25)17(27)22-12(6-4-5-8-20)16(26)23-13(19(29)30)7-9-31-3/h11-15,25H,4-10,20-21H2,1-3H3,(H,22,27)(H,23,26)(H,24,28)(H,29,30). The molecule has 0 rings (SSSR count). The van der Waals surface area contributed by atoms with Gasteiger partial charge in [0.25, 0.3) is 0 Å². The van der Waals surface area contributed by atoms with Crippen molar-refractivity contribution >= 4 is 35.5 Å². The van der Waals surface area contributed by atoms with Gasteiger partial charge in [-0.15, -0.1) is 0 Å². The molecule has 0 heterocycles. The number of hydrogen-bond donors (Lipinski definition) is 7. The molecule has 4 atom stereocenters. The van der Waals surface area contributed by atoms with Gasteiger partial charge in [0.2, 0.25) is 17.7 Å². The van der Waals surface area contributed by atoms with Crippen molar-refractivity contribution in [2.24, 2.45) is 17.4 Å². The summed E-state index contributed by atoms with van der Waals surface area (Å²) in [5.74, 6) is -2.83. The summed E-state index contributed by atoms with van der Waals surface area (Å²) in [6, 6.07) is -4.29. The van der Waals surface area contributed by atoms with Crippen LogP contribution in [0.2, 0.25) is 0 Å². The van der Waals surface area contributed by atoms with E-state index >= 15 is 0 Å². The molecule has 0 fully saturated rings. The number of thioether (sulfide) groups is 1. The maximum absolute atomic E-state index is 12.7. The lowest BCUT2D eigenvalue weighted by Gasteiger charge is -2.25. The van der Waals surface area contributed by atoms with Gasteiger partial charge >= 0.3 is 5.97 Å². The average Bonchev–Trinajstić information content (AvgIpc) is 2.72. The fourth-order valence-corrected chi connectivity index (χ4v) is 3.04. The third-order valence-electron chi connectivity index (χ3n) is 4.64. The highest BCUT2D eigenvalue weighted by Crippen LogP contribution is 2.06. The highest BCUT2D eigenvalue weighted by Gasteiger charge is 2.30. The number of nitrogens with two attached hydrogens (primary N) is 2. The lowest BCUT2D eigenvalue weighted by molar-refractivity contribution is -0.142. The summed E-state index contributed by atoms with van der Waals surface area (Å²) in [7, 11) is 0. The molecule has 9 N–H and O–H groups in total. The van der Waals surface area contributed by atoms with E-state index in [2.05, 4.69) is 16.0 Å². The molecule has 3 amide bonds. The minimum atomic E-state index is -1.30. The second kappa shape index (κ2) is 15.8. The number of hydrogen-bond acceptors (Lipinski definition) is 8. The number of carboxylic acid groups (broad SMARTS) is 1. The van der Waals surface area contributed by atoms with E-state index in [1.54, 1.807) is 13.8 Å². The number of aliphatic hydroxyl groups excluding tert-OH is 1. The molecule has 11 nitrogen and oxygen atoms in total. The summed E-state index contributed by atoms with van der Waals surface area (Å²) in [5.41, 5.74) is 11.2. The van der Waals surface area contributed by atoms with E-state index in [9.17, 15) is 29.4 Å². The number of carbonyl (C=O) groups excluding carboxylic acids is 3. The van der Waals surface area contributed by atoms with Crippen molar-refractivity contribution in [3.8, 4) is 0 Å². The zero-order valence-corrected chi connectivity index (χ0v) is 19.2. The molecule has 31 heavy (non-hydrogen) atoms. The molecule has 4 unspecified atom stereocenters. The van der Waals surface area contributed by atoms with Crippen molar-refractivity contribution in [2.45, 2.75) is 63.7 Å². The average molecular weight is 464 g/mol. The Morgan fingerprint density at radius 2 is 1.45 bits per heavy atom. The van der Waals surface area contributed by atoms with Gasteiger partial charge in [-0.05, 0) is 50.2 Å². The SMILES string of the molecule is CSCCC(NC(=O)C(CCCCN)NC(=O)C(CO)NC(=O)C(N)C(C)C)C(=O)O. The summed E-state index contributed by atoms with van der Waals surface area (Å²) in [6.07, 6.45) is 3.41. The van der Waals surface area contributed by atoms with Crippen LogP contribution in [-0.4, -0.2) is 83.2 Å². The predicted molar refractivity (Wildman–Crippen MR) is 119 cm³/mol. The Balaban J connectivity index is 5.24. The van der Waals surface area contributed by atoms with Gasteiger partial charge in [0.15, 0.2) is 0 Å². The van der Waals surface area contributed by atoms with E-state index in [-0.39, 0.29) is 18.8 Å². The molecule has 0 spiro atoms. The van der Waals surface area contributed by atoms with E-state index in [1.165, 1.54) is 11.8 Å². The number of carboxylic acids is 1. The zero-order chi connectivity index (χ0) is 24.0. The number of nitrogens with one attached hydrogen (secondary N) is 3.